The number of thiophene rings is 1. The number of H-pyrrole nitrogens is 1. The molecular formula is C11H9ClN4O2S. The van der Waals surface area contributed by atoms with E-state index >= 15 is 0 Å². The van der Waals surface area contributed by atoms with E-state index in [0.29, 0.717) is 17.4 Å². The molecule has 0 aliphatic heterocycles. The van der Waals surface area contributed by atoms with Gasteiger partial charge in [0.15, 0.2) is 5.82 Å². The van der Waals surface area contributed by atoms with E-state index in [4.69, 9.17) is 16.1 Å². The second kappa shape index (κ2) is 4.67. The maximum absolute atomic E-state index is 11.2. The number of halogens is 1. The van der Waals surface area contributed by atoms with Gasteiger partial charge in [-0.05, 0) is 12.1 Å². The summed E-state index contributed by atoms with van der Waals surface area (Å²) >= 11 is 7.37. The zero-order chi connectivity index (χ0) is 13.4. The molecule has 98 valence electrons. The predicted molar refractivity (Wildman–Crippen MR) is 72.2 cm³/mol. The van der Waals surface area contributed by atoms with Gasteiger partial charge in [-0.1, -0.05) is 16.8 Å². The van der Waals surface area contributed by atoms with Crippen molar-refractivity contribution in [3.8, 4) is 11.6 Å². The fourth-order valence-electron chi connectivity index (χ4n) is 1.67. The second-order valence-corrected chi connectivity index (χ2v) is 5.59. The van der Waals surface area contributed by atoms with Crippen molar-refractivity contribution >= 4 is 39.1 Å². The lowest BCUT2D eigenvalue weighted by Gasteiger charge is -1.91. The van der Waals surface area contributed by atoms with E-state index in [9.17, 15) is 4.79 Å². The highest BCUT2D eigenvalue weighted by molar-refractivity contribution is 7.22. The number of rotatable bonds is 3. The van der Waals surface area contributed by atoms with Crippen LogP contribution >= 0.6 is 22.9 Å². The molecule has 0 aliphatic rings. The minimum Gasteiger partial charge on any atom is -0.359 e. The van der Waals surface area contributed by atoms with E-state index in [-0.39, 0.29) is 12.3 Å². The average Bonchev–Trinajstić information content (AvgIpc) is 3.02. The van der Waals surface area contributed by atoms with Crippen LogP contribution in [0.3, 0.4) is 0 Å². The average molecular weight is 297 g/mol. The van der Waals surface area contributed by atoms with Gasteiger partial charge in [0.05, 0.1) is 21.0 Å². The number of fused-ring (bicyclic) bond motifs is 1. The molecule has 3 aromatic heterocycles. The normalized spacial score (nSPS) is 11.1. The number of aromatic amines is 1. The number of carbonyl (C=O) groups excluding carboxylic acids is 1. The third-order valence-electron chi connectivity index (χ3n) is 2.57. The lowest BCUT2D eigenvalue weighted by atomic mass is 10.4. The van der Waals surface area contributed by atoms with E-state index in [1.54, 1.807) is 7.05 Å². The molecule has 0 saturated carbocycles. The van der Waals surface area contributed by atoms with Crippen LogP contribution in [0.2, 0.25) is 4.34 Å². The molecule has 19 heavy (non-hydrogen) atoms. The summed E-state index contributed by atoms with van der Waals surface area (Å²) < 4.78 is 6.86. The van der Waals surface area contributed by atoms with Gasteiger partial charge in [0, 0.05) is 7.05 Å². The molecule has 0 radical (unpaired) electrons. The first kappa shape index (κ1) is 12.2. The monoisotopic (exact) mass is 296 g/mol. The Morgan fingerprint density at radius 1 is 1.58 bits per heavy atom. The van der Waals surface area contributed by atoms with Gasteiger partial charge in [-0.25, -0.2) is 0 Å². The number of hydrogen-bond donors (Lipinski definition) is 2. The van der Waals surface area contributed by atoms with Crippen LogP contribution < -0.4 is 5.32 Å². The molecule has 8 heteroatoms. The quantitative estimate of drug-likeness (QED) is 0.776. The number of nitrogens with zero attached hydrogens (tertiary/aromatic N) is 2. The van der Waals surface area contributed by atoms with Gasteiger partial charge >= 0.3 is 0 Å². The Labute approximate surface area is 116 Å². The molecule has 0 bridgehead atoms. The number of carbonyl (C=O) groups is 1. The molecule has 0 fully saturated rings. The summed E-state index contributed by atoms with van der Waals surface area (Å²) in [7, 11) is 1.56. The van der Waals surface area contributed by atoms with Gasteiger partial charge in [0.1, 0.15) is 5.69 Å². The molecule has 0 aliphatic carbocycles. The minimum atomic E-state index is -0.161. The Morgan fingerprint density at radius 3 is 3.16 bits per heavy atom. The van der Waals surface area contributed by atoms with Crippen LogP contribution in [0.25, 0.3) is 21.8 Å². The van der Waals surface area contributed by atoms with Crippen molar-refractivity contribution in [2.45, 2.75) is 6.42 Å². The first-order valence-electron chi connectivity index (χ1n) is 5.47. The topological polar surface area (TPSA) is 83.8 Å². The van der Waals surface area contributed by atoms with E-state index < -0.39 is 0 Å². The van der Waals surface area contributed by atoms with Crippen LogP contribution in [-0.4, -0.2) is 28.1 Å². The maximum Gasteiger partial charge on any atom is 0.274 e. The van der Waals surface area contributed by atoms with Crippen LogP contribution in [0.15, 0.2) is 16.7 Å². The molecule has 3 rings (SSSR count). The van der Waals surface area contributed by atoms with E-state index in [1.165, 1.54) is 11.3 Å². The summed E-state index contributed by atoms with van der Waals surface area (Å²) in [6.45, 7) is 0. The third-order valence-corrected chi connectivity index (χ3v) is 3.78. The van der Waals surface area contributed by atoms with Crippen molar-refractivity contribution in [3.05, 3.63) is 22.3 Å². The SMILES string of the molecule is CNC(=O)Cc1noc(-c2cc3sc(Cl)cc3[nH]2)n1. The summed E-state index contributed by atoms with van der Waals surface area (Å²) in [6, 6.07) is 3.73. The molecule has 0 saturated heterocycles. The number of nitrogens with one attached hydrogen (secondary N) is 2. The van der Waals surface area contributed by atoms with Crippen molar-refractivity contribution in [2.24, 2.45) is 0 Å². The molecule has 0 atom stereocenters. The Hall–Kier alpha value is -1.86. The summed E-state index contributed by atoms with van der Waals surface area (Å²) in [5.74, 6) is 0.551. The summed E-state index contributed by atoms with van der Waals surface area (Å²) in [5, 5.41) is 6.27. The van der Waals surface area contributed by atoms with Crippen molar-refractivity contribution in [1.29, 1.82) is 0 Å². The molecule has 1 amide bonds. The first-order chi connectivity index (χ1) is 9.15. The van der Waals surface area contributed by atoms with Crippen molar-refractivity contribution < 1.29 is 9.32 Å². The van der Waals surface area contributed by atoms with Crippen molar-refractivity contribution in [3.63, 3.8) is 0 Å². The van der Waals surface area contributed by atoms with Crippen LogP contribution in [0.1, 0.15) is 5.82 Å². The Bertz CT molecular complexity index is 713. The summed E-state index contributed by atoms with van der Waals surface area (Å²) in [4.78, 5) is 18.5. The molecule has 3 heterocycles. The standard InChI is InChI=1S/C11H9ClN4O2S/c1-13-10(17)4-9-15-11(18-16-9)6-2-7-5(14-6)3-8(12)19-7/h2-3,14H,4H2,1H3,(H,13,17). The second-order valence-electron chi connectivity index (χ2n) is 3.88. The number of likely N-dealkylation sites (N-methyl/N-ethyl adjacent to an activating group) is 1. The van der Waals surface area contributed by atoms with Gasteiger partial charge in [-0.3, -0.25) is 4.79 Å². The zero-order valence-electron chi connectivity index (χ0n) is 9.86. The lowest BCUT2D eigenvalue weighted by molar-refractivity contribution is -0.120. The van der Waals surface area contributed by atoms with Crippen molar-refractivity contribution in [1.82, 2.24) is 20.4 Å². The van der Waals surface area contributed by atoms with E-state index in [1.807, 2.05) is 12.1 Å². The highest BCUT2D eigenvalue weighted by atomic mass is 35.5. The van der Waals surface area contributed by atoms with E-state index in [0.717, 1.165) is 14.6 Å². The Balaban J connectivity index is 1.89. The Morgan fingerprint density at radius 2 is 2.42 bits per heavy atom. The first-order valence-corrected chi connectivity index (χ1v) is 6.67. The van der Waals surface area contributed by atoms with Crippen LogP contribution in [0, 0.1) is 0 Å². The smallest absolute Gasteiger partial charge is 0.274 e. The molecule has 3 aromatic rings. The number of hydrogen-bond acceptors (Lipinski definition) is 5. The minimum absolute atomic E-state index is 0.0981. The Kier molecular flexibility index (Phi) is 3.00. The largest absolute Gasteiger partial charge is 0.359 e. The van der Waals surface area contributed by atoms with Crippen LogP contribution in [0.5, 0.6) is 0 Å². The fraction of sp³-hybridized carbons (Fsp3) is 0.182. The zero-order valence-corrected chi connectivity index (χ0v) is 11.4. The van der Waals surface area contributed by atoms with Gasteiger partial charge in [0.2, 0.25) is 5.91 Å². The van der Waals surface area contributed by atoms with Crippen LogP contribution in [0.4, 0.5) is 0 Å². The van der Waals surface area contributed by atoms with Crippen LogP contribution in [-0.2, 0) is 11.2 Å². The summed E-state index contributed by atoms with van der Waals surface area (Å²) in [5.41, 5.74) is 1.64. The van der Waals surface area contributed by atoms with Gasteiger partial charge < -0.3 is 14.8 Å². The molecule has 0 spiro atoms. The van der Waals surface area contributed by atoms with Crippen molar-refractivity contribution in [2.75, 3.05) is 7.05 Å². The molecule has 6 nitrogen and oxygen atoms in total. The van der Waals surface area contributed by atoms with Gasteiger partial charge in [-0.2, -0.15) is 4.98 Å². The molecule has 0 aromatic carbocycles. The van der Waals surface area contributed by atoms with Gasteiger partial charge in [0.25, 0.3) is 5.89 Å². The molecular weight excluding hydrogens is 288 g/mol. The predicted octanol–water partition coefficient (Wildman–Crippen LogP) is 2.22. The van der Waals surface area contributed by atoms with E-state index in [2.05, 4.69) is 20.4 Å². The summed E-state index contributed by atoms with van der Waals surface area (Å²) in [6.07, 6.45) is 0.0981. The molecule has 0 unspecified atom stereocenters. The number of aromatic nitrogens is 3. The number of amides is 1. The lowest BCUT2D eigenvalue weighted by Crippen LogP contribution is -2.20. The highest BCUT2D eigenvalue weighted by Gasteiger charge is 2.14. The third kappa shape index (κ3) is 2.34. The fourth-order valence-corrected chi connectivity index (χ4v) is 2.82. The maximum atomic E-state index is 11.2. The van der Waals surface area contributed by atoms with Gasteiger partial charge in [-0.15, -0.1) is 11.3 Å². The highest BCUT2D eigenvalue weighted by Crippen LogP contribution is 2.32. The molecule has 2 N–H and O–H groups in total.